The molecule has 0 aromatic heterocycles. The second-order valence-electron chi connectivity index (χ2n) is 8.07. The van der Waals surface area contributed by atoms with Crippen molar-refractivity contribution in [2.75, 3.05) is 27.4 Å². The van der Waals surface area contributed by atoms with Crippen LogP contribution in [-0.2, 0) is 20.7 Å². The lowest BCUT2D eigenvalue weighted by Crippen LogP contribution is -2.31. The molecule has 1 fully saturated rings. The molecule has 2 aliphatic rings. The van der Waals surface area contributed by atoms with Crippen molar-refractivity contribution < 1.29 is 28.9 Å². The normalized spacial score (nSPS) is 21.5. The molecule has 2 aromatic rings. The summed E-state index contributed by atoms with van der Waals surface area (Å²) in [5, 5.41) is 11.2. The molecule has 2 aromatic carbocycles. The maximum atomic E-state index is 13.1. The lowest BCUT2D eigenvalue weighted by Gasteiger charge is -2.25. The molecule has 0 saturated carbocycles. The van der Waals surface area contributed by atoms with Crippen molar-refractivity contribution in [2.45, 2.75) is 31.9 Å². The number of hydrogen-bond acceptors (Lipinski definition) is 6. The molecule has 2 atom stereocenters. The van der Waals surface area contributed by atoms with Gasteiger partial charge in [-0.3, -0.25) is 9.59 Å². The molecule has 0 spiro atoms. The van der Waals surface area contributed by atoms with Crippen molar-refractivity contribution in [3.05, 3.63) is 64.7 Å². The summed E-state index contributed by atoms with van der Waals surface area (Å²) in [4.78, 5) is 27.5. The maximum Gasteiger partial charge on any atom is 0.295 e. The third kappa shape index (κ3) is 3.96. The SMILES string of the molecule is COCCCN1C(=O)C(=O)/C(=C(/O)c2ccc3c(c2)C[C@H](C)O3)[C@H]1c1ccc(OC)cc1. The van der Waals surface area contributed by atoms with E-state index in [1.54, 1.807) is 38.5 Å². The van der Waals surface area contributed by atoms with E-state index in [0.29, 0.717) is 30.9 Å². The topological polar surface area (TPSA) is 85.3 Å². The molecule has 0 aliphatic carbocycles. The molecule has 7 nitrogen and oxygen atoms in total. The van der Waals surface area contributed by atoms with Gasteiger partial charge in [0.15, 0.2) is 0 Å². The number of fused-ring (bicyclic) bond motifs is 1. The Kier molecular flexibility index (Phi) is 6.19. The number of Topliss-reactive ketones (excluding diaryl/α,β-unsaturated/α-hetero) is 1. The first-order chi connectivity index (χ1) is 15.4. The van der Waals surface area contributed by atoms with Crippen LogP contribution in [0, 0.1) is 0 Å². The summed E-state index contributed by atoms with van der Waals surface area (Å²) in [6.07, 6.45) is 1.36. The van der Waals surface area contributed by atoms with Crippen LogP contribution < -0.4 is 9.47 Å². The van der Waals surface area contributed by atoms with Crippen LogP contribution in [0.2, 0.25) is 0 Å². The Labute approximate surface area is 187 Å². The van der Waals surface area contributed by atoms with Gasteiger partial charge in [-0.05, 0) is 54.8 Å². The Hall–Kier alpha value is -3.32. The third-order valence-corrected chi connectivity index (χ3v) is 5.89. The van der Waals surface area contributed by atoms with E-state index in [4.69, 9.17) is 14.2 Å². The van der Waals surface area contributed by atoms with Gasteiger partial charge in [-0.1, -0.05) is 12.1 Å². The number of rotatable bonds is 7. The fourth-order valence-corrected chi connectivity index (χ4v) is 4.35. The second-order valence-corrected chi connectivity index (χ2v) is 8.07. The number of carbonyl (C=O) groups is 2. The van der Waals surface area contributed by atoms with Gasteiger partial charge in [0, 0.05) is 32.2 Å². The van der Waals surface area contributed by atoms with E-state index in [1.807, 2.05) is 25.1 Å². The molecule has 1 saturated heterocycles. The van der Waals surface area contributed by atoms with Crippen LogP contribution in [0.4, 0.5) is 0 Å². The van der Waals surface area contributed by atoms with Crippen LogP contribution in [0.25, 0.3) is 5.76 Å². The predicted molar refractivity (Wildman–Crippen MR) is 119 cm³/mol. The minimum absolute atomic E-state index is 0.0630. The second kappa shape index (κ2) is 9.04. The Morgan fingerprint density at radius 2 is 1.91 bits per heavy atom. The fraction of sp³-hybridized carbons (Fsp3) is 0.360. The Bertz CT molecular complexity index is 1060. The number of aliphatic hydroxyl groups is 1. The van der Waals surface area contributed by atoms with Crippen LogP contribution >= 0.6 is 0 Å². The minimum Gasteiger partial charge on any atom is -0.507 e. The van der Waals surface area contributed by atoms with Crippen molar-refractivity contribution in [3.8, 4) is 11.5 Å². The predicted octanol–water partition coefficient (Wildman–Crippen LogP) is 3.48. The molecule has 168 valence electrons. The molecule has 0 radical (unpaired) electrons. The number of carbonyl (C=O) groups excluding carboxylic acids is 2. The highest BCUT2D eigenvalue weighted by Crippen LogP contribution is 2.41. The molecule has 32 heavy (non-hydrogen) atoms. The van der Waals surface area contributed by atoms with Gasteiger partial charge in [-0.25, -0.2) is 0 Å². The number of ketones is 1. The van der Waals surface area contributed by atoms with Gasteiger partial charge >= 0.3 is 0 Å². The van der Waals surface area contributed by atoms with E-state index in [1.165, 1.54) is 4.90 Å². The number of nitrogens with zero attached hydrogens (tertiary/aromatic N) is 1. The van der Waals surface area contributed by atoms with Gasteiger partial charge in [-0.15, -0.1) is 0 Å². The van der Waals surface area contributed by atoms with Gasteiger partial charge in [0.05, 0.1) is 18.7 Å². The lowest BCUT2D eigenvalue weighted by atomic mass is 9.94. The molecule has 2 aliphatic heterocycles. The number of benzene rings is 2. The van der Waals surface area contributed by atoms with Crippen molar-refractivity contribution in [3.63, 3.8) is 0 Å². The van der Waals surface area contributed by atoms with Crippen LogP contribution in [-0.4, -0.2) is 55.2 Å². The van der Waals surface area contributed by atoms with E-state index in [9.17, 15) is 14.7 Å². The maximum absolute atomic E-state index is 13.1. The average Bonchev–Trinajstić information content (AvgIpc) is 3.29. The average molecular weight is 437 g/mol. The van der Waals surface area contributed by atoms with Gasteiger partial charge < -0.3 is 24.2 Å². The number of methoxy groups -OCH3 is 2. The van der Waals surface area contributed by atoms with E-state index in [-0.39, 0.29) is 17.4 Å². The van der Waals surface area contributed by atoms with Gasteiger partial charge in [0.1, 0.15) is 23.4 Å². The van der Waals surface area contributed by atoms with Crippen molar-refractivity contribution in [2.24, 2.45) is 0 Å². The molecule has 0 unspecified atom stereocenters. The first-order valence-electron chi connectivity index (χ1n) is 10.7. The first kappa shape index (κ1) is 21.9. The zero-order valence-corrected chi connectivity index (χ0v) is 18.5. The van der Waals surface area contributed by atoms with Crippen LogP contribution in [0.5, 0.6) is 11.5 Å². The summed E-state index contributed by atoms with van der Waals surface area (Å²) in [5.74, 6) is -0.0493. The molecule has 1 amide bonds. The van der Waals surface area contributed by atoms with Crippen molar-refractivity contribution in [1.82, 2.24) is 4.90 Å². The zero-order chi connectivity index (χ0) is 22.8. The summed E-state index contributed by atoms with van der Waals surface area (Å²) in [6, 6.07) is 11.8. The zero-order valence-electron chi connectivity index (χ0n) is 18.5. The number of hydrogen-bond donors (Lipinski definition) is 1. The Balaban J connectivity index is 1.79. The largest absolute Gasteiger partial charge is 0.507 e. The fourth-order valence-electron chi connectivity index (χ4n) is 4.35. The van der Waals surface area contributed by atoms with Crippen LogP contribution in [0.3, 0.4) is 0 Å². The summed E-state index contributed by atoms with van der Waals surface area (Å²) in [7, 11) is 3.16. The minimum atomic E-state index is -0.693. The quantitative estimate of drug-likeness (QED) is 0.309. The molecular weight excluding hydrogens is 410 g/mol. The Morgan fingerprint density at radius 1 is 1.16 bits per heavy atom. The molecular formula is C25H27NO6. The Morgan fingerprint density at radius 3 is 2.59 bits per heavy atom. The molecule has 0 bridgehead atoms. The van der Waals surface area contributed by atoms with Gasteiger partial charge in [0.25, 0.3) is 11.7 Å². The molecule has 4 rings (SSSR count). The monoisotopic (exact) mass is 437 g/mol. The standard InChI is InChI=1S/C25H27NO6/c1-15-13-18-14-17(7-10-20(18)32-15)23(27)21-22(16-5-8-19(31-3)9-6-16)26(11-4-12-30-2)25(29)24(21)28/h5-10,14-15,22,27H,4,11-13H2,1-3H3/b23-21+/t15-,22+/m0/s1. The smallest absolute Gasteiger partial charge is 0.295 e. The van der Waals surface area contributed by atoms with Crippen molar-refractivity contribution in [1.29, 1.82) is 0 Å². The van der Waals surface area contributed by atoms with E-state index >= 15 is 0 Å². The molecule has 7 heteroatoms. The van der Waals surface area contributed by atoms with E-state index in [0.717, 1.165) is 23.3 Å². The summed E-state index contributed by atoms with van der Waals surface area (Å²) in [5.41, 5.74) is 2.28. The summed E-state index contributed by atoms with van der Waals surface area (Å²) >= 11 is 0. The highest BCUT2D eigenvalue weighted by Gasteiger charge is 2.45. The number of aliphatic hydroxyl groups excluding tert-OH is 1. The number of likely N-dealkylation sites (tertiary alicyclic amines) is 1. The number of ether oxygens (including phenoxy) is 3. The van der Waals surface area contributed by atoms with E-state index < -0.39 is 17.7 Å². The highest BCUT2D eigenvalue weighted by atomic mass is 16.5. The highest BCUT2D eigenvalue weighted by molar-refractivity contribution is 6.46. The lowest BCUT2D eigenvalue weighted by molar-refractivity contribution is -0.140. The first-order valence-corrected chi connectivity index (χ1v) is 10.7. The van der Waals surface area contributed by atoms with Crippen LogP contribution in [0.1, 0.15) is 36.1 Å². The number of amides is 1. The molecule has 2 heterocycles. The summed E-state index contributed by atoms with van der Waals surface area (Å²) < 4.78 is 16.1. The van der Waals surface area contributed by atoms with Crippen LogP contribution in [0.15, 0.2) is 48.0 Å². The van der Waals surface area contributed by atoms with E-state index in [2.05, 4.69) is 0 Å². The van der Waals surface area contributed by atoms with Gasteiger partial charge in [-0.2, -0.15) is 0 Å². The summed E-state index contributed by atoms with van der Waals surface area (Å²) in [6.45, 7) is 2.78. The third-order valence-electron chi connectivity index (χ3n) is 5.89. The van der Waals surface area contributed by atoms with Crippen molar-refractivity contribution >= 4 is 17.4 Å². The molecule has 1 N–H and O–H groups in total. The van der Waals surface area contributed by atoms with Gasteiger partial charge in [0.2, 0.25) is 0 Å².